The molecule has 3 rings (SSSR count). The van der Waals surface area contributed by atoms with Crippen LogP contribution in [0.4, 0.5) is 10.1 Å². The van der Waals surface area contributed by atoms with E-state index in [4.69, 9.17) is 0 Å². The Labute approximate surface area is 131 Å². The van der Waals surface area contributed by atoms with Crippen molar-refractivity contribution in [1.29, 1.82) is 0 Å². The number of benzene rings is 2. The van der Waals surface area contributed by atoms with Gasteiger partial charge in [0.1, 0.15) is 5.82 Å². The number of halogens is 2. The van der Waals surface area contributed by atoms with Crippen molar-refractivity contribution in [3.63, 3.8) is 0 Å². The van der Waals surface area contributed by atoms with E-state index in [2.05, 4.69) is 34.2 Å². The van der Waals surface area contributed by atoms with E-state index in [9.17, 15) is 9.18 Å². The molecular formula is C17H15BrFNO. The minimum atomic E-state index is -0.292. The summed E-state index contributed by atoms with van der Waals surface area (Å²) in [5, 5.41) is 2.93. The van der Waals surface area contributed by atoms with Crippen molar-refractivity contribution in [2.24, 2.45) is 0 Å². The Balaban J connectivity index is 2.14. The van der Waals surface area contributed by atoms with E-state index in [0.717, 1.165) is 22.4 Å². The Morgan fingerprint density at radius 2 is 1.90 bits per heavy atom. The van der Waals surface area contributed by atoms with Gasteiger partial charge in [0, 0.05) is 18.0 Å². The first-order valence-corrected chi connectivity index (χ1v) is 7.61. The molecule has 108 valence electrons. The van der Waals surface area contributed by atoms with Crippen LogP contribution in [0.25, 0.3) is 0 Å². The summed E-state index contributed by atoms with van der Waals surface area (Å²) in [7, 11) is 0. The molecule has 21 heavy (non-hydrogen) atoms. The molecule has 0 unspecified atom stereocenters. The Kier molecular flexibility index (Phi) is 3.57. The lowest BCUT2D eigenvalue weighted by atomic mass is 9.83. The van der Waals surface area contributed by atoms with Crippen molar-refractivity contribution in [3.05, 3.63) is 62.9 Å². The number of hydrogen-bond donors (Lipinski definition) is 1. The quantitative estimate of drug-likeness (QED) is 0.797. The largest absolute Gasteiger partial charge is 0.326 e. The summed E-state index contributed by atoms with van der Waals surface area (Å²) < 4.78 is 13.9. The summed E-state index contributed by atoms with van der Waals surface area (Å²) in [5.41, 5.74) is 5.24. The van der Waals surface area contributed by atoms with Crippen LogP contribution in [0.5, 0.6) is 0 Å². The molecule has 0 saturated heterocycles. The van der Waals surface area contributed by atoms with Crippen LogP contribution >= 0.6 is 15.9 Å². The number of carbonyl (C=O) groups is 1. The fourth-order valence-electron chi connectivity index (χ4n) is 2.76. The Hall–Kier alpha value is -1.68. The molecule has 1 amide bonds. The Morgan fingerprint density at radius 1 is 1.19 bits per heavy atom. The highest BCUT2D eigenvalue weighted by atomic mass is 79.9. The van der Waals surface area contributed by atoms with Crippen LogP contribution in [0.15, 0.2) is 34.8 Å². The molecule has 1 aliphatic heterocycles. The number of fused-ring (bicyclic) bond motifs is 1. The molecule has 2 aromatic rings. The molecule has 0 saturated carbocycles. The predicted octanol–water partition coefficient (Wildman–Crippen LogP) is 4.68. The first-order valence-electron chi connectivity index (χ1n) is 6.81. The maximum atomic E-state index is 13.4. The normalized spacial score (nSPS) is 17.3. The molecule has 0 aromatic heterocycles. The van der Waals surface area contributed by atoms with Gasteiger partial charge >= 0.3 is 0 Å². The average molecular weight is 348 g/mol. The molecule has 2 aromatic carbocycles. The van der Waals surface area contributed by atoms with E-state index in [1.165, 1.54) is 11.6 Å². The monoisotopic (exact) mass is 347 g/mol. The lowest BCUT2D eigenvalue weighted by molar-refractivity contribution is -0.116. The first-order chi connectivity index (χ1) is 9.95. The third kappa shape index (κ3) is 2.60. The van der Waals surface area contributed by atoms with Crippen molar-refractivity contribution >= 4 is 27.5 Å². The standard InChI is InChI=1S/C17H15BrFNO/c1-9-5-13-12(11-3-4-15(19)14(18)7-11)8-17(21)20-16(13)6-10(9)2/h3-7,12H,8H2,1-2H3,(H,20,21)/t12-/m1/s1. The van der Waals surface area contributed by atoms with Crippen molar-refractivity contribution in [2.75, 3.05) is 5.32 Å². The van der Waals surface area contributed by atoms with Gasteiger partial charge in [-0.25, -0.2) is 4.39 Å². The van der Waals surface area contributed by atoms with Gasteiger partial charge in [0.15, 0.2) is 0 Å². The molecule has 1 heterocycles. The minimum absolute atomic E-state index is 0.00352. The van der Waals surface area contributed by atoms with Gasteiger partial charge in [-0.1, -0.05) is 12.1 Å². The van der Waals surface area contributed by atoms with Crippen LogP contribution in [0.2, 0.25) is 0 Å². The molecular weight excluding hydrogens is 333 g/mol. The van der Waals surface area contributed by atoms with Gasteiger partial charge in [-0.15, -0.1) is 0 Å². The van der Waals surface area contributed by atoms with Crippen LogP contribution in [0, 0.1) is 19.7 Å². The Morgan fingerprint density at radius 3 is 2.62 bits per heavy atom. The zero-order valence-corrected chi connectivity index (χ0v) is 13.4. The molecule has 1 N–H and O–H groups in total. The maximum Gasteiger partial charge on any atom is 0.225 e. The van der Waals surface area contributed by atoms with Crippen molar-refractivity contribution < 1.29 is 9.18 Å². The molecule has 4 heteroatoms. The van der Waals surface area contributed by atoms with Gasteiger partial charge in [0.05, 0.1) is 4.47 Å². The van der Waals surface area contributed by atoms with E-state index in [1.54, 1.807) is 12.1 Å². The van der Waals surface area contributed by atoms with Crippen LogP contribution in [0.1, 0.15) is 34.6 Å². The second-order valence-corrected chi connectivity index (χ2v) is 6.36. The number of amides is 1. The van der Waals surface area contributed by atoms with Crippen LogP contribution < -0.4 is 5.32 Å². The summed E-state index contributed by atoms with van der Waals surface area (Å²) in [4.78, 5) is 12.0. The molecule has 1 atom stereocenters. The lowest BCUT2D eigenvalue weighted by Gasteiger charge is -2.27. The van der Waals surface area contributed by atoms with Gasteiger partial charge in [-0.2, -0.15) is 0 Å². The van der Waals surface area contributed by atoms with Gasteiger partial charge < -0.3 is 5.32 Å². The second-order valence-electron chi connectivity index (χ2n) is 5.50. The number of rotatable bonds is 1. The fraction of sp³-hybridized carbons (Fsp3) is 0.235. The summed E-state index contributed by atoms with van der Waals surface area (Å²) in [6, 6.07) is 9.08. The molecule has 0 aliphatic carbocycles. The van der Waals surface area contributed by atoms with Crippen molar-refractivity contribution in [3.8, 4) is 0 Å². The number of carbonyl (C=O) groups excluding carboxylic acids is 1. The number of nitrogens with one attached hydrogen (secondary N) is 1. The zero-order chi connectivity index (χ0) is 15.1. The molecule has 0 spiro atoms. The lowest BCUT2D eigenvalue weighted by Crippen LogP contribution is -2.23. The topological polar surface area (TPSA) is 29.1 Å². The van der Waals surface area contributed by atoms with Crippen LogP contribution in [-0.2, 0) is 4.79 Å². The van der Waals surface area contributed by atoms with E-state index >= 15 is 0 Å². The third-order valence-electron chi connectivity index (χ3n) is 4.05. The van der Waals surface area contributed by atoms with E-state index in [1.807, 2.05) is 13.0 Å². The molecule has 0 fully saturated rings. The summed E-state index contributed by atoms with van der Waals surface area (Å²) in [6.07, 6.45) is 0.383. The van der Waals surface area contributed by atoms with E-state index in [-0.39, 0.29) is 17.6 Å². The highest BCUT2D eigenvalue weighted by Gasteiger charge is 2.27. The van der Waals surface area contributed by atoms with E-state index in [0.29, 0.717) is 10.9 Å². The maximum absolute atomic E-state index is 13.4. The predicted molar refractivity (Wildman–Crippen MR) is 85.1 cm³/mol. The number of aryl methyl sites for hydroxylation is 2. The molecule has 0 radical (unpaired) electrons. The van der Waals surface area contributed by atoms with Crippen molar-refractivity contribution in [2.45, 2.75) is 26.2 Å². The molecule has 1 aliphatic rings. The van der Waals surface area contributed by atoms with Gasteiger partial charge in [-0.05, 0) is 70.2 Å². The minimum Gasteiger partial charge on any atom is -0.326 e. The molecule has 0 bridgehead atoms. The first kappa shape index (κ1) is 14.3. The molecule has 2 nitrogen and oxygen atoms in total. The van der Waals surface area contributed by atoms with Crippen LogP contribution in [-0.4, -0.2) is 5.91 Å². The van der Waals surface area contributed by atoms with Gasteiger partial charge in [0.25, 0.3) is 0 Å². The van der Waals surface area contributed by atoms with Gasteiger partial charge in [0.2, 0.25) is 5.91 Å². The SMILES string of the molecule is Cc1cc2c(cc1C)[C@@H](c1ccc(F)c(Br)c1)CC(=O)N2. The van der Waals surface area contributed by atoms with Crippen LogP contribution in [0.3, 0.4) is 0 Å². The third-order valence-corrected chi connectivity index (χ3v) is 4.66. The van der Waals surface area contributed by atoms with Gasteiger partial charge in [-0.3, -0.25) is 4.79 Å². The average Bonchev–Trinajstić information content (AvgIpc) is 2.43. The van der Waals surface area contributed by atoms with E-state index < -0.39 is 0 Å². The number of anilines is 1. The highest BCUT2D eigenvalue weighted by Crippen LogP contribution is 2.39. The number of hydrogen-bond acceptors (Lipinski definition) is 1. The summed E-state index contributed by atoms with van der Waals surface area (Å²) >= 11 is 3.22. The van der Waals surface area contributed by atoms with Crippen molar-refractivity contribution in [1.82, 2.24) is 0 Å². The summed E-state index contributed by atoms with van der Waals surface area (Å²) in [6.45, 7) is 4.09. The summed E-state index contributed by atoms with van der Waals surface area (Å²) in [5.74, 6) is -0.333. The smallest absolute Gasteiger partial charge is 0.225 e. The second kappa shape index (κ2) is 5.26. The Bertz CT molecular complexity index is 742. The fourth-order valence-corrected chi connectivity index (χ4v) is 3.15. The highest BCUT2D eigenvalue weighted by molar-refractivity contribution is 9.10. The zero-order valence-electron chi connectivity index (χ0n) is 11.8.